The first kappa shape index (κ1) is 11.9. The van der Waals surface area contributed by atoms with Crippen molar-refractivity contribution in [2.24, 2.45) is 11.1 Å². The summed E-state index contributed by atoms with van der Waals surface area (Å²) in [7, 11) is 1.59. The second-order valence-corrected chi connectivity index (χ2v) is 4.49. The minimum absolute atomic E-state index is 0.00995. The van der Waals surface area contributed by atoms with Gasteiger partial charge >= 0.3 is 0 Å². The summed E-state index contributed by atoms with van der Waals surface area (Å²) in [5, 5.41) is 2.91. The number of nitrogens with two attached hydrogens (primary N) is 1. The van der Waals surface area contributed by atoms with E-state index in [2.05, 4.69) is 5.32 Å². The molecule has 17 heavy (non-hydrogen) atoms. The summed E-state index contributed by atoms with van der Waals surface area (Å²) in [6.45, 7) is 0.411. The van der Waals surface area contributed by atoms with E-state index in [4.69, 9.17) is 10.5 Å². The van der Waals surface area contributed by atoms with Crippen LogP contribution in [0.1, 0.15) is 19.3 Å². The highest BCUT2D eigenvalue weighted by Gasteiger charge is 2.42. The summed E-state index contributed by atoms with van der Waals surface area (Å²) in [5.74, 6) is 0.683. The lowest BCUT2D eigenvalue weighted by Crippen LogP contribution is -2.47. The van der Waals surface area contributed by atoms with Crippen LogP contribution in [0.25, 0.3) is 0 Å². The van der Waals surface area contributed by atoms with Crippen LogP contribution in [0, 0.1) is 5.41 Å². The Kier molecular flexibility index (Phi) is 3.33. The van der Waals surface area contributed by atoms with Crippen LogP contribution >= 0.6 is 0 Å². The Morgan fingerprint density at radius 3 is 2.71 bits per heavy atom. The average molecular weight is 234 g/mol. The van der Waals surface area contributed by atoms with Gasteiger partial charge in [-0.15, -0.1) is 0 Å². The average Bonchev–Trinajstić information content (AvgIpc) is 2.29. The fraction of sp³-hybridized carbons (Fsp3) is 0.462. The third kappa shape index (κ3) is 2.13. The molecule has 1 aliphatic rings. The standard InChI is InChI=1S/C13H18N2O2/c1-17-11-6-3-2-5-10(11)15-12(16)13(9-14)7-4-8-13/h2-3,5-6H,4,7-9,14H2,1H3,(H,15,16). The Morgan fingerprint density at radius 2 is 2.18 bits per heavy atom. The van der Waals surface area contributed by atoms with Crippen LogP contribution in [0.4, 0.5) is 5.69 Å². The molecule has 4 nitrogen and oxygen atoms in total. The highest BCUT2D eigenvalue weighted by molar-refractivity contribution is 5.97. The number of methoxy groups -OCH3 is 1. The molecule has 0 radical (unpaired) electrons. The van der Waals surface area contributed by atoms with Crippen molar-refractivity contribution in [3.05, 3.63) is 24.3 Å². The number of rotatable bonds is 4. The molecular weight excluding hydrogens is 216 g/mol. The number of hydrogen-bond donors (Lipinski definition) is 2. The Hall–Kier alpha value is -1.55. The first-order chi connectivity index (χ1) is 8.22. The van der Waals surface area contributed by atoms with Gasteiger partial charge < -0.3 is 15.8 Å². The summed E-state index contributed by atoms with van der Waals surface area (Å²) in [4.78, 5) is 12.2. The second-order valence-electron chi connectivity index (χ2n) is 4.49. The van der Waals surface area contributed by atoms with Crippen molar-refractivity contribution >= 4 is 11.6 Å². The maximum atomic E-state index is 12.2. The van der Waals surface area contributed by atoms with Gasteiger partial charge in [0.15, 0.2) is 0 Å². The van der Waals surface area contributed by atoms with Gasteiger partial charge in [0.25, 0.3) is 0 Å². The van der Waals surface area contributed by atoms with Gasteiger partial charge in [0.2, 0.25) is 5.91 Å². The van der Waals surface area contributed by atoms with Crippen molar-refractivity contribution in [2.75, 3.05) is 19.0 Å². The number of carbonyl (C=O) groups excluding carboxylic acids is 1. The van der Waals surface area contributed by atoms with E-state index in [9.17, 15) is 4.79 Å². The summed E-state index contributed by atoms with van der Waals surface area (Å²) >= 11 is 0. The topological polar surface area (TPSA) is 64.3 Å². The van der Waals surface area contributed by atoms with E-state index in [0.717, 1.165) is 19.3 Å². The first-order valence-corrected chi connectivity index (χ1v) is 5.86. The number of carbonyl (C=O) groups is 1. The molecule has 4 heteroatoms. The monoisotopic (exact) mass is 234 g/mol. The van der Waals surface area contributed by atoms with Crippen LogP contribution in [0.15, 0.2) is 24.3 Å². The molecule has 0 atom stereocenters. The number of anilines is 1. The molecule has 1 aromatic carbocycles. The Bertz CT molecular complexity index is 408. The normalized spacial score (nSPS) is 17.1. The molecular formula is C13H18N2O2. The lowest BCUT2D eigenvalue weighted by Gasteiger charge is -2.39. The molecule has 0 bridgehead atoms. The van der Waals surface area contributed by atoms with Crippen molar-refractivity contribution in [3.8, 4) is 5.75 Å². The number of hydrogen-bond acceptors (Lipinski definition) is 3. The fourth-order valence-electron chi connectivity index (χ4n) is 2.13. The Balaban J connectivity index is 2.12. The van der Waals surface area contributed by atoms with Crippen LogP contribution in [-0.2, 0) is 4.79 Å². The summed E-state index contributed by atoms with van der Waals surface area (Å²) in [6.07, 6.45) is 2.84. The Labute approximate surface area is 101 Å². The van der Waals surface area contributed by atoms with Gasteiger partial charge in [-0.3, -0.25) is 4.79 Å². The van der Waals surface area contributed by atoms with Gasteiger partial charge in [-0.05, 0) is 25.0 Å². The maximum Gasteiger partial charge on any atom is 0.231 e. The Morgan fingerprint density at radius 1 is 1.47 bits per heavy atom. The SMILES string of the molecule is COc1ccccc1NC(=O)C1(CN)CCC1. The fourth-order valence-corrected chi connectivity index (χ4v) is 2.13. The highest BCUT2D eigenvalue weighted by atomic mass is 16.5. The lowest BCUT2D eigenvalue weighted by molar-refractivity contribution is -0.129. The summed E-state index contributed by atoms with van der Waals surface area (Å²) in [6, 6.07) is 7.40. The largest absolute Gasteiger partial charge is 0.495 e. The van der Waals surface area contributed by atoms with E-state index in [-0.39, 0.29) is 11.3 Å². The lowest BCUT2D eigenvalue weighted by atomic mass is 9.68. The van der Waals surface area contributed by atoms with Gasteiger partial charge in [0.1, 0.15) is 5.75 Å². The maximum absolute atomic E-state index is 12.2. The minimum Gasteiger partial charge on any atom is -0.495 e. The van der Waals surface area contributed by atoms with Gasteiger partial charge in [-0.1, -0.05) is 18.6 Å². The van der Waals surface area contributed by atoms with Crippen LogP contribution in [0.3, 0.4) is 0 Å². The third-order valence-corrected chi connectivity index (χ3v) is 3.54. The first-order valence-electron chi connectivity index (χ1n) is 5.86. The molecule has 1 aromatic rings. The molecule has 0 unspecified atom stereocenters. The van der Waals surface area contributed by atoms with Gasteiger partial charge in [0.05, 0.1) is 18.2 Å². The molecule has 2 rings (SSSR count). The molecule has 3 N–H and O–H groups in total. The zero-order chi connectivity index (χ0) is 12.3. The predicted molar refractivity (Wildman–Crippen MR) is 67.0 cm³/mol. The molecule has 1 aliphatic carbocycles. The molecule has 0 spiro atoms. The highest BCUT2D eigenvalue weighted by Crippen LogP contribution is 2.41. The van der Waals surface area contributed by atoms with E-state index in [0.29, 0.717) is 18.0 Å². The van der Waals surface area contributed by atoms with Gasteiger partial charge in [-0.25, -0.2) is 0 Å². The van der Waals surface area contributed by atoms with Crippen molar-refractivity contribution in [2.45, 2.75) is 19.3 Å². The number of ether oxygens (including phenoxy) is 1. The number of benzene rings is 1. The smallest absolute Gasteiger partial charge is 0.231 e. The quantitative estimate of drug-likeness (QED) is 0.834. The van der Waals surface area contributed by atoms with Crippen molar-refractivity contribution < 1.29 is 9.53 Å². The number of amides is 1. The van der Waals surface area contributed by atoms with E-state index >= 15 is 0 Å². The predicted octanol–water partition coefficient (Wildman–Crippen LogP) is 1.76. The zero-order valence-corrected chi connectivity index (χ0v) is 10.0. The molecule has 0 saturated heterocycles. The van der Waals surface area contributed by atoms with E-state index in [1.165, 1.54) is 0 Å². The number of para-hydroxylation sites is 2. The van der Waals surface area contributed by atoms with Crippen molar-refractivity contribution in [3.63, 3.8) is 0 Å². The summed E-state index contributed by atoms with van der Waals surface area (Å²) < 4.78 is 5.20. The van der Waals surface area contributed by atoms with Crippen LogP contribution in [-0.4, -0.2) is 19.6 Å². The van der Waals surface area contributed by atoms with Crippen LogP contribution in [0.2, 0.25) is 0 Å². The summed E-state index contributed by atoms with van der Waals surface area (Å²) in [5.41, 5.74) is 6.05. The third-order valence-electron chi connectivity index (χ3n) is 3.54. The van der Waals surface area contributed by atoms with E-state index in [1.54, 1.807) is 7.11 Å². The molecule has 92 valence electrons. The van der Waals surface area contributed by atoms with Crippen molar-refractivity contribution in [1.29, 1.82) is 0 Å². The molecule has 1 fully saturated rings. The van der Waals surface area contributed by atoms with Crippen LogP contribution in [0.5, 0.6) is 5.75 Å². The molecule has 0 heterocycles. The van der Waals surface area contributed by atoms with Crippen molar-refractivity contribution in [1.82, 2.24) is 0 Å². The minimum atomic E-state index is -0.360. The van der Waals surface area contributed by atoms with E-state index in [1.807, 2.05) is 24.3 Å². The molecule has 0 aromatic heterocycles. The second kappa shape index (κ2) is 4.75. The molecule has 1 saturated carbocycles. The van der Waals surface area contributed by atoms with Gasteiger partial charge in [0, 0.05) is 6.54 Å². The molecule has 1 amide bonds. The van der Waals surface area contributed by atoms with Crippen LogP contribution < -0.4 is 15.8 Å². The van der Waals surface area contributed by atoms with Gasteiger partial charge in [-0.2, -0.15) is 0 Å². The molecule has 0 aliphatic heterocycles. The van der Waals surface area contributed by atoms with E-state index < -0.39 is 0 Å². The number of nitrogens with one attached hydrogen (secondary N) is 1. The zero-order valence-electron chi connectivity index (χ0n) is 10.0.